The van der Waals surface area contributed by atoms with Crippen LogP contribution in [0.3, 0.4) is 0 Å². The van der Waals surface area contributed by atoms with Gasteiger partial charge >= 0.3 is 0 Å². The Hall–Kier alpha value is -2.80. The predicted octanol–water partition coefficient (Wildman–Crippen LogP) is 5.03. The molecule has 0 atom stereocenters. The van der Waals surface area contributed by atoms with E-state index in [1.807, 2.05) is 31.2 Å². The van der Waals surface area contributed by atoms with Crippen molar-refractivity contribution >= 4 is 22.4 Å². The lowest BCUT2D eigenvalue weighted by Gasteiger charge is -2.28. The second kappa shape index (κ2) is 5.77. The molecule has 116 valence electrons. The number of aromatic nitrogens is 1. The predicted molar refractivity (Wildman–Crippen MR) is 91.4 cm³/mol. The maximum absolute atomic E-state index is 13.6. The van der Waals surface area contributed by atoms with Gasteiger partial charge in [-0.3, -0.25) is 0 Å². The average Bonchev–Trinajstić information content (AvgIpc) is 2.83. The van der Waals surface area contributed by atoms with E-state index < -0.39 is 0 Å². The van der Waals surface area contributed by atoms with Gasteiger partial charge in [0.2, 0.25) is 0 Å². The van der Waals surface area contributed by atoms with Gasteiger partial charge < -0.3 is 9.88 Å². The fraction of sp³-hybridized carbons (Fsp3) is 0.211. The molecular formula is C19H18FN3. The van der Waals surface area contributed by atoms with E-state index in [0.29, 0.717) is 5.56 Å². The van der Waals surface area contributed by atoms with Gasteiger partial charge in [0.25, 0.3) is 0 Å². The number of nitrogens with zero attached hydrogens (tertiary/aromatic N) is 2. The summed E-state index contributed by atoms with van der Waals surface area (Å²) in [6.07, 6.45) is 0. The van der Waals surface area contributed by atoms with Crippen LogP contribution in [0.2, 0.25) is 0 Å². The van der Waals surface area contributed by atoms with Crippen molar-refractivity contribution < 1.29 is 4.39 Å². The molecule has 0 bridgehead atoms. The Morgan fingerprint density at radius 1 is 1.17 bits per heavy atom. The average molecular weight is 307 g/mol. The maximum Gasteiger partial charge on any atom is 0.125 e. The Balaban J connectivity index is 2.19. The number of fused-ring (bicyclic) bond motifs is 1. The normalized spacial score (nSPS) is 11.0. The highest BCUT2D eigenvalue weighted by Gasteiger charge is 2.19. The van der Waals surface area contributed by atoms with Gasteiger partial charge in [-0.1, -0.05) is 12.1 Å². The number of anilines is 2. The van der Waals surface area contributed by atoms with Crippen LogP contribution in [-0.2, 0) is 0 Å². The molecule has 0 amide bonds. The van der Waals surface area contributed by atoms with Gasteiger partial charge in [-0.25, -0.2) is 4.39 Å². The molecule has 1 aromatic heterocycles. The minimum atomic E-state index is -0.256. The molecule has 0 spiro atoms. The third-order valence-corrected chi connectivity index (χ3v) is 4.00. The van der Waals surface area contributed by atoms with Gasteiger partial charge in [0.1, 0.15) is 11.6 Å². The molecule has 0 aliphatic rings. The Morgan fingerprint density at radius 3 is 2.61 bits per heavy atom. The second-order valence-corrected chi connectivity index (χ2v) is 5.91. The number of nitriles is 1. The number of halogens is 1. The molecule has 0 aliphatic carbocycles. The van der Waals surface area contributed by atoms with Crippen molar-refractivity contribution in [2.45, 2.75) is 26.8 Å². The van der Waals surface area contributed by atoms with Crippen molar-refractivity contribution in [1.82, 2.24) is 4.98 Å². The summed E-state index contributed by atoms with van der Waals surface area (Å²) in [6.45, 7) is 6.17. The number of rotatable bonds is 3. The number of hydrogen-bond acceptors (Lipinski definition) is 2. The zero-order chi connectivity index (χ0) is 16.6. The third kappa shape index (κ3) is 2.66. The van der Waals surface area contributed by atoms with Crippen LogP contribution in [0.15, 0.2) is 42.5 Å². The molecule has 0 saturated carbocycles. The first kappa shape index (κ1) is 15.1. The third-order valence-electron chi connectivity index (χ3n) is 4.00. The van der Waals surface area contributed by atoms with E-state index in [4.69, 9.17) is 5.26 Å². The summed E-state index contributed by atoms with van der Waals surface area (Å²) >= 11 is 0. The lowest BCUT2D eigenvalue weighted by Crippen LogP contribution is -2.26. The Kier molecular flexibility index (Phi) is 3.79. The van der Waals surface area contributed by atoms with Crippen molar-refractivity contribution in [3.8, 4) is 6.07 Å². The van der Waals surface area contributed by atoms with Crippen LogP contribution in [0.1, 0.15) is 25.0 Å². The van der Waals surface area contributed by atoms with E-state index in [1.165, 1.54) is 12.1 Å². The largest absolute Gasteiger partial charge is 0.341 e. The topological polar surface area (TPSA) is 42.8 Å². The molecule has 4 heteroatoms. The van der Waals surface area contributed by atoms with Gasteiger partial charge in [0, 0.05) is 22.6 Å². The molecule has 3 nitrogen and oxygen atoms in total. The molecule has 3 aromatic rings. The first-order valence-corrected chi connectivity index (χ1v) is 7.58. The lowest BCUT2D eigenvalue weighted by atomic mass is 10.1. The fourth-order valence-corrected chi connectivity index (χ4v) is 2.95. The number of benzene rings is 2. The Morgan fingerprint density at radius 2 is 1.96 bits per heavy atom. The molecule has 2 aromatic carbocycles. The molecule has 1 heterocycles. The van der Waals surface area contributed by atoms with Crippen LogP contribution in [0.4, 0.5) is 15.9 Å². The van der Waals surface area contributed by atoms with Crippen LogP contribution in [0.25, 0.3) is 10.9 Å². The first-order chi connectivity index (χ1) is 11.0. The van der Waals surface area contributed by atoms with E-state index in [1.54, 1.807) is 6.07 Å². The van der Waals surface area contributed by atoms with Gasteiger partial charge in [0.05, 0.1) is 11.6 Å². The fourth-order valence-electron chi connectivity index (χ4n) is 2.95. The quantitative estimate of drug-likeness (QED) is 0.737. The maximum atomic E-state index is 13.6. The van der Waals surface area contributed by atoms with E-state index in [0.717, 1.165) is 28.0 Å². The van der Waals surface area contributed by atoms with Crippen LogP contribution in [0, 0.1) is 24.1 Å². The number of aryl methyl sites for hydroxylation is 1. The molecule has 1 N–H and O–H groups in total. The smallest absolute Gasteiger partial charge is 0.125 e. The monoisotopic (exact) mass is 307 g/mol. The van der Waals surface area contributed by atoms with Crippen LogP contribution < -0.4 is 4.90 Å². The van der Waals surface area contributed by atoms with Crippen molar-refractivity contribution in [3.63, 3.8) is 0 Å². The van der Waals surface area contributed by atoms with Crippen molar-refractivity contribution in [2.75, 3.05) is 4.90 Å². The molecule has 0 fully saturated rings. The Bertz CT molecular complexity index is 903. The molecule has 0 saturated heterocycles. The minimum Gasteiger partial charge on any atom is -0.341 e. The van der Waals surface area contributed by atoms with Crippen LogP contribution >= 0.6 is 0 Å². The second-order valence-electron chi connectivity index (χ2n) is 5.91. The van der Waals surface area contributed by atoms with Gasteiger partial charge in [-0.2, -0.15) is 5.26 Å². The molecule has 3 rings (SSSR count). The van der Waals surface area contributed by atoms with Crippen molar-refractivity contribution in [2.24, 2.45) is 0 Å². The highest BCUT2D eigenvalue weighted by Crippen LogP contribution is 2.34. The number of hydrogen-bond donors (Lipinski definition) is 1. The van der Waals surface area contributed by atoms with Crippen molar-refractivity contribution in [1.29, 1.82) is 5.26 Å². The number of aromatic amines is 1. The standard InChI is InChI=1S/C19H18FN3/c1-12(2)23(16-6-4-5-15(20)10-16)19-13(3)17-8-7-14(11-21)9-18(17)22-19/h4-10,12,22H,1-3H3. The number of H-pyrrole nitrogens is 1. The van der Waals surface area contributed by atoms with Gasteiger partial charge in [0.15, 0.2) is 0 Å². The van der Waals surface area contributed by atoms with Gasteiger partial charge in [-0.05, 0) is 56.7 Å². The first-order valence-electron chi connectivity index (χ1n) is 7.58. The summed E-state index contributed by atoms with van der Waals surface area (Å²) in [6, 6.07) is 14.5. The zero-order valence-corrected chi connectivity index (χ0v) is 13.4. The summed E-state index contributed by atoms with van der Waals surface area (Å²) in [5.74, 6) is 0.671. The minimum absolute atomic E-state index is 0.152. The highest BCUT2D eigenvalue weighted by atomic mass is 19.1. The SMILES string of the molecule is Cc1c(N(c2cccc(F)c2)C(C)C)[nH]c2cc(C#N)ccc12. The summed E-state index contributed by atoms with van der Waals surface area (Å²) in [7, 11) is 0. The van der Waals surface area contributed by atoms with E-state index in [-0.39, 0.29) is 11.9 Å². The molecule has 23 heavy (non-hydrogen) atoms. The molecular weight excluding hydrogens is 289 g/mol. The summed E-state index contributed by atoms with van der Waals surface area (Å²) in [5, 5.41) is 10.1. The molecule has 0 unspecified atom stereocenters. The summed E-state index contributed by atoms with van der Waals surface area (Å²) in [5.41, 5.74) is 3.42. The van der Waals surface area contributed by atoms with Gasteiger partial charge in [-0.15, -0.1) is 0 Å². The van der Waals surface area contributed by atoms with E-state index >= 15 is 0 Å². The van der Waals surface area contributed by atoms with E-state index in [9.17, 15) is 4.39 Å². The molecule has 0 radical (unpaired) electrons. The van der Waals surface area contributed by atoms with Crippen LogP contribution in [0.5, 0.6) is 0 Å². The van der Waals surface area contributed by atoms with Crippen LogP contribution in [-0.4, -0.2) is 11.0 Å². The Labute approximate surface area is 135 Å². The number of nitrogens with one attached hydrogen (secondary N) is 1. The summed E-state index contributed by atoms with van der Waals surface area (Å²) in [4.78, 5) is 5.46. The van der Waals surface area contributed by atoms with E-state index in [2.05, 4.69) is 29.8 Å². The molecule has 0 aliphatic heterocycles. The summed E-state index contributed by atoms with van der Waals surface area (Å²) < 4.78 is 13.6. The lowest BCUT2D eigenvalue weighted by molar-refractivity contribution is 0.626. The highest BCUT2D eigenvalue weighted by molar-refractivity contribution is 5.91. The van der Waals surface area contributed by atoms with Crippen molar-refractivity contribution in [3.05, 3.63) is 59.4 Å². The zero-order valence-electron chi connectivity index (χ0n) is 13.4.